The fourth-order valence-corrected chi connectivity index (χ4v) is 4.68. The molecule has 166 valence electrons. The average molecular weight is 438 g/mol. The highest BCUT2D eigenvalue weighted by atomic mass is 16.1. The number of hydrogen-bond donors (Lipinski definition) is 1. The van der Waals surface area contributed by atoms with E-state index >= 15 is 0 Å². The third-order valence-electron chi connectivity index (χ3n) is 6.45. The van der Waals surface area contributed by atoms with Gasteiger partial charge in [-0.05, 0) is 35.6 Å². The summed E-state index contributed by atoms with van der Waals surface area (Å²) in [6, 6.07) is 26.0. The smallest absolute Gasteiger partial charge is 0.274 e. The van der Waals surface area contributed by atoms with E-state index in [2.05, 4.69) is 17.4 Å². The first-order valence-corrected chi connectivity index (χ1v) is 11.6. The first-order chi connectivity index (χ1) is 16.2. The lowest BCUT2D eigenvalue weighted by Gasteiger charge is -2.16. The third-order valence-corrected chi connectivity index (χ3v) is 6.45. The molecule has 1 amide bonds. The molecule has 0 bridgehead atoms. The van der Waals surface area contributed by atoms with Gasteiger partial charge in [0.2, 0.25) is 5.91 Å². The predicted molar refractivity (Wildman–Crippen MR) is 131 cm³/mol. The fourth-order valence-electron chi connectivity index (χ4n) is 4.68. The zero-order valence-corrected chi connectivity index (χ0v) is 18.5. The van der Waals surface area contributed by atoms with Gasteiger partial charge in [0.05, 0.1) is 30.1 Å². The average Bonchev–Trinajstić information content (AvgIpc) is 3.40. The summed E-state index contributed by atoms with van der Waals surface area (Å²) < 4.78 is 1.65. The molecule has 1 fully saturated rings. The van der Waals surface area contributed by atoms with Gasteiger partial charge in [-0.3, -0.25) is 9.59 Å². The number of carbonyl (C=O) groups is 1. The normalized spacial score (nSPS) is 13.9. The van der Waals surface area contributed by atoms with E-state index in [1.165, 1.54) is 0 Å². The molecule has 5 heteroatoms. The van der Waals surface area contributed by atoms with E-state index in [0.717, 1.165) is 53.5 Å². The maximum Gasteiger partial charge on any atom is 0.274 e. The second-order valence-corrected chi connectivity index (χ2v) is 8.70. The second-order valence-electron chi connectivity index (χ2n) is 8.70. The van der Waals surface area contributed by atoms with E-state index in [1.807, 2.05) is 66.7 Å². The van der Waals surface area contributed by atoms with E-state index in [4.69, 9.17) is 5.10 Å². The van der Waals surface area contributed by atoms with Gasteiger partial charge in [-0.25, -0.2) is 4.68 Å². The number of nitrogens with zero attached hydrogens (tertiary/aromatic N) is 2. The van der Waals surface area contributed by atoms with Crippen LogP contribution in [0, 0.1) is 0 Å². The van der Waals surface area contributed by atoms with Crippen molar-refractivity contribution in [3.8, 4) is 11.1 Å². The Morgan fingerprint density at radius 2 is 1.48 bits per heavy atom. The van der Waals surface area contributed by atoms with Crippen LogP contribution < -0.4 is 10.9 Å². The molecule has 5 nitrogen and oxygen atoms in total. The van der Waals surface area contributed by atoms with E-state index in [-0.39, 0.29) is 17.5 Å². The Kier molecular flexibility index (Phi) is 6.03. The van der Waals surface area contributed by atoms with Crippen LogP contribution in [0.1, 0.15) is 43.0 Å². The standard InChI is InChI=1S/C28H27N3O2/c32-27(18-20-14-16-22(17-15-20)21-8-2-1-3-9-21)29-19-26-24-12-6-7-13-25(24)28(33)31(30-26)23-10-4-5-11-23/h1-3,6-9,12-17,23H,4-5,10-11,18-19H2,(H,29,32). The van der Waals surface area contributed by atoms with Crippen LogP contribution in [-0.2, 0) is 17.8 Å². The Hall–Kier alpha value is -3.73. The lowest BCUT2D eigenvalue weighted by Crippen LogP contribution is -2.30. The number of benzene rings is 3. The van der Waals surface area contributed by atoms with E-state index in [1.54, 1.807) is 4.68 Å². The number of amides is 1. The lowest BCUT2D eigenvalue weighted by atomic mass is 10.0. The molecule has 1 saturated carbocycles. The van der Waals surface area contributed by atoms with Crippen molar-refractivity contribution in [2.75, 3.05) is 0 Å². The largest absolute Gasteiger partial charge is 0.350 e. The molecule has 1 aliphatic rings. The molecule has 1 heterocycles. The monoisotopic (exact) mass is 437 g/mol. The van der Waals surface area contributed by atoms with Gasteiger partial charge in [0.15, 0.2) is 0 Å². The Balaban J connectivity index is 1.31. The number of fused-ring (bicyclic) bond motifs is 1. The Morgan fingerprint density at radius 3 is 2.21 bits per heavy atom. The van der Waals surface area contributed by atoms with Crippen molar-refractivity contribution in [3.63, 3.8) is 0 Å². The molecule has 0 saturated heterocycles. The van der Waals surface area contributed by atoms with E-state index in [0.29, 0.717) is 18.4 Å². The molecule has 33 heavy (non-hydrogen) atoms. The van der Waals surface area contributed by atoms with Gasteiger partial charge in [0.1, 0.15) is 0 Å². The molecule has 0 unspecified atom stereocenters. The molecule has 0 atom stereocenters. The van der Waals surface area contributed by atoms with Crippen molar-refractivity contribution in [2.24, 2.45) is 0 Å². The van der Waals surface area contributed by atoms with Gasteiger partial charge >= 0.3 is 0 Å². The van der Waals surface area contributed by atoms with Crippen LogP contribution in [-0.4, -0.2) is 15.7 Å². The van der Waals surface area contributed by atoms with Gasteiger partial charge in [0.25, 0.3) is 5.56 Å². The molecule has 4 aromatic rings. The van der Waals surface area contributed by atoms with Crippen LogP contribution in [0.5, 0.6) is 0 Å². The first-order valence-electron chi connectivity index (χ1n) is 11.6. The summed E-state index contributed by atoms with van der Waals surface area (Å²) in [5, 5.41) is 9.18. The summed E-state index contributed by atoms with van der Waals surface area (Å²) in [5.74, 6) is -0.0630. The third kappa shape index (κ3) is 4.58. The SMILES string of the molecule is O=C(Cc1ccc(-c2ccccc2)cc1)NCc1nn(C2CCCC2)c(=O)c2ccccc12. The molecular weight excluding hydrogens is 410 g/mol. The number of nitrogens with one attached hydrogen (secondary N) is 1. The van der Waals surface area contributed by atoms with Crippen molar-refractivity contribution < 1.29 is 4.79 Å². The summed E-state index contributed by atoms with van der Waals surface area (Å²) in [7, 11) is 0. The van der Waals surface area contributed by atoms with Crippen molar-refractivity contribution in [1.82, 2.24) is 15.1 Å². The predicted octanol–water partition coefficient (Wildman–Crippen LogP) is 5.04. The van der Waals surface area contributed by atoms with Crippen LogP contribution in [0.4, 0.5) is 0 Å². The summed E-state index contributed by atoms with van der Waals surface area (Å²) >= 11 is 0. The quantitative estimate of drug-likeness (QED) is 0.460. The number of rotatable bonds is 6. The van der Waals surface area contributed by atoms with Crippen LogP contribution in [0.25, 0.3) is 21.9 Å². The van der Waals surface area contributed by atoms with Crippen molar-refractivity contribution in [2.45, 2.75) is 44.7 Å². The summed E-state index contributed by atoms with van der Waals surface area (Å²) in [5.41, 5.74) is 3.95. The minimum absolute atomic E-state index is 0.0360. The van der Waals surface area contributed by atoms with Gasteiger partial charge < -0.3 is 5.32 Å². The van der Waals surface area contributed by atoms with Crippen LogP contribution in [0.2, 0.25) is 0 Å². The highest BCUT2D eigenvalue weighted by Gasteiger charge is 2.21. The summed E-state index contributed by atoms with van der Waals surface area (Å²) in [4.78, 5) is 25.7. The molecular formula is C28H27N3O2. The van der Waals surface area contributed by atoms with Crippen LogP contribution >= 0.6 is 0 Å². The maximum atomic E-state index is 13.0. The van der Waals surface area contributed by atoms with Gasteiger partial charge in [-0.15, -0.1) is 0 Å². The highest BCUT2D eigenvalue weighted by molar-refractivity contribution is 5.84. The zero-order valence-electron chi connectivity index (χ0n) is 18.5. The van der Waals surface area contributed by atoms with Crippen LogP contribution in [0.3, 0.4) is 0 Å². The topological polar surface area (TPSA) is 64.0 Å². The Labute approximate surface area is 193 Å². The summed E-state index contributed by atoms with van der Waals surface area (Å²) in [6.45, 7) is 0.300. The summed E-state index contributed by atoms with van der Waals surface area (Å²) in [6.07, 6.45) is 4.52. The number of aromatic nitrogens is 2. The Bertz CT molecular complexity index is 1320. The zero-order chi connectivity index (χ0) is 22.6. The fraction of sp³-hybridized carbons (Fsp3) is 0.250. The minimum atomic E-state index is -0.0630. The van der Waals surface area contributed by atoms with Gasteiger partial charge in [-0.1, -0.05) is 85.6 Å². The molecule has 0 spiro atoms. The molecule has 1 aliphatic carbocycles. The first kappa shape index (κ1) is 21.1. The molecule has 3 aromatic carbocycles. The highest BCUT2D eigenvalue weighted by Crippen LogP contribution is 2.28. The second kappa shape index (κ2) is 9.41. The van der Waals surface area contributed by atoms with Gasteiger partial charge in [-0.2, -0.15) is 5.10 Å². The van der Waals surface area contributed by atoms with Gasteiger partial charge in [0, 0.05) is 5.39 Å². The maximum absolute atomic E-state index is 13.0. The molecule has 0 aliphatic heterocycles. The van der Waals surface area contributed by atoms with E-state index < -0.39 is 0 Å². The molecule has 0 radical (unpaired) electrons. The molecule has 1 aromatic heterocycles. The minimum Gasteiger partial charge on any atom is -0.350 e. The van der Waals surface area contributed by atoms with Crippen molar-refractivity contribution in [3.05, 3.63) is 100 Å². The Morgan fingerprint density at radius 1 is 0.848 bits per heavy atom. The van der Waals surface area contributed by atoms with Crippen LogP contribution in [0.15, 0.2) is 83.7 Å². The van der Waals surface area contributed by atoms with E-state index in [9.17, 15) is 9.59 Å². The molecule has 5 rings (SSSR count). The van der Waals surface area contributed by atoms with Crippen molar-refractivity contribution >= 4 is 16.7 Å². The van der Waals surface area contributed by atoms with Crippen molar-refractivity contribution in [1.29, 1.82) is 0 Å². The lowest BCUT2D eigenvalue weighted by molar-refractivity contribution is -0.120. The molecule has 1 N–H and O–H groups in total. The number of hydrogen-bond acceptors (Lipinski definition) is 3. The number of carbonyl (C=O) groups excluding carboxylic acids is 1.